The number of carboxylic acid groups (broad SMARTS) is 2. The van der Waals surface area contributed by atoms with Crippen molar-refractivity contribution in [2.24, 2.45) is 17.8 Å². The van der Waals surface area contributed by atoms with E-state index < -0.39 is 18.0 Å². The number of amides is 5. The molecule has 0 aromatic carbocycles. The van der Waals surface area contributed by atoms with Crippen molar-refractivity contribution in [1.82, 2.24) is 26.6 Å². The van der Waals surface area contributed by atoms with Gasteiger partial charge < -0.3 is 60.5 Å². The monoisotopic (exact) mass is 1010 g/mol. The molecule has 0 heterocycles. The molecular formula is C52H93N5O14. The summed E-state index contributed by atoms with van der Waals surface area (Å²) < 4.78 is 21.4. The molecule has 0 aromatic rings. The summed E-state index contributed by atoms with van der Waals surface area (Å²) in [6, 6.07) is -1.19. The molecule has 19 heteroatoms. The van der Waals surface area contributed by atoms with Crippen LogP contribution in [0.2, 0.25) is 0 Å². The smallest absolute Gasteiger partial charge is 0.326 e. The number of hydrogen-bond acceptors (Lipinski definition) is 12. The maximum atomic E-state index is 13.0. The van der Waals surface area contributed by atoms with E-state index in [2.05, 4.69) is 26.6 Å². The van der Waals surface area contributed by atoms with Crippen molar-refractivity contribution in [1.29, 1.82) is 0 Å². The van der Waals surface area contributed by atoms with E-state index in [9.17, 15) is 43.5 Å². The van der Waals surface area contributed by atoms with E-state index in [1.807, 2.05) is 6.92 Å². The third kappa shape index (κ3) is 41.0. The fraction of sp³-hybridized carbons (Fsp3) is 0.846. The molecule has 7 N–H and O–H groups in total. The molecule has 1 saturated carbocycles. The third-order valence-electron chi connectivity index (χ3n) is 12.6. The standard InChI is InChI=1S/C52H93N5O14/c1-42(39-58)20-18-19-29-53-48(61)40-70-36-35-69-33-31-55-49(62)41-71-37-34-68-32-30-54-47(60)28-27-45(52(66)67)57-51(65)44-25-23-43(24-26-44)38-56-46(59)21-16-14-12-10-8-6-4-2-3-5-7-9-11-13-15-17-22-50(63)64/h39,42-45H,2-38,40-41H2,1H3,(H,53,61)(H,54,60)(H,55,62)(H,56,59)(H,57,65)(H,63,64)(H,66,67)/t42-,43?,44?,45?/m0/s1. The topological polar surface area (TPSA) is 274 Å². The fourth-order valence-electron chi connectivity index (χ4n) is 8.21. The molecule has 0 bridgehead atoms. The largest absolute Gasteiger partial charge is 0.481 e. The Morgan fingerprint density at radius 1 is 0.493 bits per heavy atom. The zero-order chi connectivity index (χ0) is 52.0. The van der Waals surface area contributed by atoms with Crippen LogP contribution in [0.3, 0.4) is 0 Å². The van der Waals surface area contributed by atoms with Crippen molar-refractivity contribution >= 4 is 47.8 Å². The van der Waals surface area contributed by atoms with Gasteiger partial charge in [0.25, 0.3) is 0 Å². The lowest BCUT2D eigenvalue weighted by Gasteiger charge is -2.28. The SMILES string of the molecule is C[C@H](C=O)CCCCNC(=O)COCCOCCNC(=O)COCCOCCNC(=O)CCC(NC(=O)C1CCC(CNC(=O)CCCCCCCCCCCCCCCCCCC(=O)O)CC1)C(=O)O. The second-order valence-electron chi connectivity index (χ2n) is 19.0. The average molecular weight is 1010 g/mol. The Labute approximate surface area is 423 Å². The maximum absolute atomic E-state index is 13.0. The first-order chi connectivity index (χ1) is 34.4. The molecule has 0 saturated heterocycles. The highest BCUT2D eigenvalue weighted by Crippen LogP contribution is 2.29. The molecule has 19 nitrogen and oxygen atoms in total. The molecule has 5 amide bonds. The molecular weight excluding hydrogens is 919 g/mol. The van der Waals surface area contributed by atoms with Crippen LogP contribution in [0.25, 0.3) is 0 Å². The summed E-state index contributed by atoms with van der Waals surface area (Å²) in [5.41, 5.74) is 0. The van der Waals surface area contributed by atoms with Crippen LogP contribution in [-0.4, -0.2) is 143 Å². The van der Waals surface area contributed by atoms with Gasteiger partial charge in [-0.25, -0.2) is 4.79 Å². The van der Waals surface area contributed by atoms with Crippen LogP contribution in [-0.2, 0) is 57.3 Å². The van der Waals surface area contributed by atoms with Gasteiger partial charge in [0.2, 0.25) is 29.5 Å². The lowest BCUT2D eigenvalue weighted by Crippen LogP contribution is -2.45. The number of nitrogens with one attached hydrogen (secondary N) is 5. The lowest BCUT2D eigenvalue weighted by atomic mass is 9.81. The Kier molecular flexibility index (Phi) is 41.7. The van der Waals surface area contributed by atoms with Crippen LogP contribution in [0.4, 0.5) is 0 Å². The summed E-state index contributed by atoms with van der Waals surface area (Å²) in [4.78, 5) is 94.6. The van der Waals surface area contributed by atoms with E-state index in [1.54, 1.807) is 0 Å². The second kappa shape index (κ2) is 45.6. The first-order valence-corrected chi connectivity index (χ1v) is 27.0. The predicted molar refractivity (Wildman–Crippen MR) is 269 cm³/mol. The Morgan fingerprint density at radius 3 is 1.44 bits per heavy atom. The zero-order valence-electron chi connectivity index (χ0n) is 43.3. The molecule has 1 unspecified atom stereocenters. The third-order valence-corrected chi connectivity index (χ3v) is 12.6. The normalized spacial score (nSPS) is 15.3. The number of aliphatic carboxylic acids is 2. The van der Waals surface area contributed by atoms with E-state index in [4.69, 9.17) is 24.1 Å². The molecule has 71 heavy (non-hydrogen) atoms. The summed E-state index contributed by atoms with van der Waals surface area (Å²) >= 11 is 0. The maximum Gasteiger partial charge on any atom is 0.326 e. The van der Waals surface area contributed by atoms with Gasteiger partial charge in [0.05, 0.1) is 39.6 Å². The summed E-state index contributed by atoms with van der Waals surface area (Å²) in [7, 11) is 0. The first kappa shape index (κ1) is 64.8. The van der Waals surface area contributed by atoms with Crippen molar-refractivity contribution < 1.29 is 67.5 Å². The van der Waals surface area contributed by atoms with E-state index >= 15 is 0 Å². The van der Waals surface area contributed by atoms with Crippen LogP contribution in [0.5, 0.6) is 0 Å². The molecule has 0 radical (unpaired) electrons. The number of hydrogen-bond donors (Lipinski definition) is 7. The van der Waals surface area contributed by atoms with E-state index in [0.717, 1.165) is 76.9 Å². The van der Waals surface area contributed by atoms with Gasteiger partial charge in [-0.3, -0.25) is 28.8 Å². The molecule has 1 fully saturated rings. The second-order valence-corrected chi connectivity index (χ2v) is 19.0. The van der Waals surface area contributed by atoms with E-state index in [0.29, 0.717) is 38.8 Å². The molecule has 410 valence electrons. The Morgan fingerprint density at radius 2 is 0.944 bits per heavy atom. The summed E-state index contributed by atoms with van der Waals surface area (Å²) in [6.45, 7) is 4.54. The summed E-state index contributed by atoms with van der Waals surface area (Å²) in [5.74, 6) is -3.04. The Balaban J connectivity index is 1.97. The molecule has 1 aliphatic rings. The molecule has 0 aromatic heterocycles. The van der Waals surface area contributed by atoms with Crippen molar-refractivity contribution in [3.63, 3.8) is 0 Å². The van der Waals surface area contributed by atoms with Gasteiger partial charge in [-0.05, 0) is 63.7 Å². The van der Waals surface area contributed by atoms with Gasteiger partial charge in [-0.15, -0.1) is 0 Å². The predicted octanol–water partition coefficient (Wildman–Crippen LogP) is 5.79. The van der Waals surface area contributed by atoms with E-state index in [-0.39, 0.29) is 126 Å². The van der Waals surface area contributed by atoms with Gasteiger partial charge in [0.15, 0.2) is 0 Å². The van der Waals surface area contributed by atoms with Crippen molar-refractivity contribution in [2.75, 3.05) is 79.0 Å². The number of carboxylic acids is 2. The molecule has 1 aliphatic carbocycles. The lowest BCUT2D eigenvalue weighted by molar-refractivity contribution is -0.143. The number of aldehydes is 1. The van der Waals surface area contributed by atoms with E-state index in [1.165, 1.54) is 64.2 Å². The Bertz CT molecular complexity index is 1450. The van der Waals surface area contributed by atoms with Gasteiger partial charge in [0.1, 0.15) is 25.5 Å². The van der Waals surface area contributed by atoms with Gasteiger partial charge in [0, 0.05) is 57.3 Å². The average Bonchev–Trinajstić information content (AvgIpc) is 3.35. The van der Waals surface area contributed by atoms with Gasteiger partial charge >= 0.3 is 11.9 Å². The molecule has 2 atom stereocenters. The quantitative estimate of drug-likeness (QED) is 0.0281. The summed E-state index contributed by atoms with van der Waals surface area (Å²) in [5, 5.41) is 32.2. The molecule has 0 aliphatic heterocycles. The minimum Gasteiger partial charge on any atom is -0.481 e. The van der Waals surface area contributed by atoms with Gasteiger partial charge in [-0.2, -0.15) is 0 Å². The number of carbonyl (C=O) groups excluding carboxylic acids is 6. The van der Waals surface area contributed by atoms with Crippen LogP contribution in [0.1, 0.15) is 180 Å². The number of carbonyl (C=O) groups is 8. The first-order valence-electron chi connectivity index (χ1n) is 27.0. The van der Waals surface area contributed by atoms with Crippen molar-refractivity contribution in [3.8, 4) is 0 Å². The molecule has 0 spiro atoms. The highest BCUT2D eigenvalue weighted by molar-refractivity contribution is 5.85. The molecule has 1 rings (SSSR count). The van der Waals surface area contributed by atoms with Crippen LogP contribution in [0.15, 0.2) is 0 Å². The van der Waals surface area contributed by atoms with Gasteiger partial charge in [-0.1, -0.05) is 103 Å². The van der Waals surface area contributed by atoms with Crippen molar-refractivity contribution in [2.45, 2.75) is 186 Å². The zero-order valence-corrected chi connectivity index (χ0v) is 43.3. The minimum absolute atomic E-state index is 0.0347. The summed E-state index contributed by atoms with van der Waals surface area (Å²) in [6.07, 6.45) is 25.6. The fourth-order valence-corrected chi connectivity index (χ4v) is 8.21. The Hall–Kier alpha value is -4.20. The highest BCUT2D eigenvalue weighted by Gasteiger charge is 2.30. The number of ether oxygens (including phenoxy) is 4. The van der Waals surface area contributed by atoms with Crippen LogP contribution in [0, 0.1) is 17.8 Å². The van der Waals surface area contributed by atoms with Crippen LogP contribution < -0.4 is 26.6 Å². The van der Waals surface area contributed by atoms with Crippen molar-refractivity contribution in [3.05, 3.63) is 0 Å². The number of unbranched alkanes of at least 4 members (excludes halogenated alkanes) is 16. The number of rotatable bonds is 49. The highest BCUT2D eigenvalue weighted by atomic mass is 16.5. The van der Waals surface area contributed by atoms with Crippen LogP contribution >= 0.6 is 0 Å². The minimum atomic E-state index is -1.20.